The van der Waals surface area contributed by atoms with E-state index in [1.54, 1.807) is 6.20 Å². The zero-order valence-corrected chi connectivity index (χ0v) is 16.9. The molecule has 4 rings (SSSR count). The molecule has 0 aliphatic heterocycles. The monoisotopic (exact) mass is 441 g/mol. The number of nitrogens with one attached hydrogen (secondary N) is 2. The lowest BCUT2D eigenvalue weighted by Crippen LogP contribution is -2.43. The van der Waals surface area contributed by atoms with Crippen molar-refractivity contribution < 1.29 is 14.7 Å². The Kier molecular flexibility index (Phi) is 5.09. The minimum Gasteiger partial charge on any atom is -0.396 e. The molecule has 1 aromatic heterocycles. The fourth-order valence-corrected chi connectivity index (χ4v) is 6.54. The van der Waals surface area contributed by atoms with Crippen LogP contribution in [0.5, 0.6) is 0 Å². The summed E-state index contributed by atoms with van der Waals surface area (Å²) < 4.78 is 0.873. The molecule has 142 valence electrons. The number of aromatic nitrogens is 1. The van der Waals surface area contributed by atoms with E-state index in [1.807, 2.05) is 0 Å². The lowest BCUT2D eigenvalue weighted by atomic mass is 9.78. The number of thiazole rings is 1. The summed E-state index contributed by atoms with van der Waals surface area (Å²) in [5, 5.41) is 15.4. The van der Waals surface area contributed by atoms with E-state index in [-0.39, 0.29) is 35.7 Å². The second kappa shape index (κ2) is 7.20. The first-order valence-electron chi connectivity index (χ1n) is 9.37. The smallest absolute Gasteiger partial charge is 0.230 e. The minimum atomic E-state index is -0.253. The van der Waals surface area contributed by atoms with Crippen molar-refractivity contribution in [1.29, 1.82) is 0 Å². The van der Waals surface area contributed by atoms with Crippen molar-refractivity contribution in [2.45, 2.75) is 38.5 Å². The van der Waals surface area contributed by atoms with Crippen molar-refractivity contribution in [3.63, 3.8) is 0 Å². The van der Waals surface area contributed by atoms with E-state index >= 15 is 0 Å². The number of halogens is 1. The summed E-state index contributed by atoms with van der Waals surface area (Å²) in [5.74, 6) is 0.140. The fraction of sp³-hybridized carbons (Fsp3) is 0.722. The molecule has 8 heteroatoms. The summed E-state index contributed by atoms with van der Waals surface area (Å²) in [7, 11) is 0. The molecular formula is C18H24BrN3O3S. The molecular weight excluding hydrogens is 418 g/mol. The number of rotatable bonds is 7. The largest absolute Gasteiger partial charge is 0.396 e. The Morgan fingerprint density at radius 1 is 1.23 bits per heavy atom. The third kappa shape index (κ3) is 3.10. The summed E-state index contributed by atoms with van der Waals surface area (Å²) in [6.07, 6.45) is 7.55. The first kappa shape index (κ1) is 18.4. The summed E-state index contributed by atoms with van der Waals surface area (Å²) in [4.78, 5) is 30.2. The van der Waals surface area contributed by atoms with Crippen molar-refractivity contribution in [2.75, 3.05) is 18.5 Å². The van der Waals surface area contributed by atoms with E-state index in [2.05, 4.69) is 31.5 Å². The molecule has 1 heterocycles. The van der Waals surface area contributed by atoms with Crippen LogP contribution in [0.2, 0.25) is 0 Å². The van der Waals surface area contributed by atoms with Crippen LogP contribution in [0.25, 0.3) is 0 Å². The number of amides is 2. The van der Waals surface area contributed by atoms with Crippen LogP contribution in [0, 0.1) is 29.1 Å². The van der Waals surface area contributed by atoms with Crippen LogP contribution < -0.4 is 10.6 Å². The van der Waals surface area contributed by atoms with E-state index < -0.39 is 0 Å². The number of hydrogen-bond acceptors (Lipinski definition) is 5. The molecule has 3 aliphatic rings. The number of carbonyl (C=O) groups is 2. The van der Waals surface area contributed by atoms with Gasteiger partial charge < -0.3 is 15.7 Å². The molecule has 0 unspecified atom stereocenters. The highest BCUT2D eigenvalue weighted by Gasteiger charge is 2.71. The number of anilines is 1. The van der Waals surface area contributed by atoms with Crippen molar-refractivity contribution in [1.82, 2.24) is 10.3 Å². The average molecular weight is 442 g/mol. The third-order valence-corrected chi connectivity index (χ3v) is 7.94. The first-order valence-corrected chi connectivity index (χ1v) is 11.0. The molecule has 6 nitrogen and oxygen atoms in total. The standard InChI is InChI=1S/C18H24BrN3O3S/c19-12-9-21-17(26-12)22-16(25)14-11-4-3-10(18(11)5-6-18)13(14)15(24)20-7-1-2-8-23/h9-11,13-14,23H,1-8H2,(H,20,24)(H,21,22,25)/t10-,11+,13-,14-/m1/s1. The van der Waals surface area contributed by atoms with Gasteiger partial charge >= 0.3 is 0 Å². The zero-order chi connectivity index (χ0) is 18.3. The average Bonchev–Trinajstić information content (AvgIpc) is 3.12. The molecule has 3 fully saturated rings. The summed E-state index contributed by atoms with van der Waals surface area (Å²) in [6.45, 7) is 0.704. The number of unbranched alkanes of at least 4 members (excludes halogenated alkanes) is 1. The molecule has 0 radical (unpaired) electrons. The Balaban J connectivity index is 1.49. The molecule has 3 aliphatic carbocycles. The summed E-state index contributed by atoms with van der Waals surface area (Å²) >= 11 is 4.75. The molecule has 1 spiro atoms. The van der Waals surface area contributed by atoms with Gasteiger partial charge in [-0.15, -0.1) is 0 Å². The van der Waals surface area contributed by atoms with Crippen molar-refractivity contribution in [2.24, 2.45) is 29.1 Å². The van der Waals surface area contributed by atoms with Gasteiger partial charge in [0.15, 0.2) is 5.13 Å². The highest BCUT2D eigenvalue weighted by molar-refractivity contribution is 9.11. The maximum absolute atomic E-state index is 13.0. The Morgan fingerprint density at radius 2 is 1.92 bits per heavy atom. The molecule has 2 bridgehead atoms. The van der Waals surface area contributed by atoms with E-state index in [0.717, 1.165) is 35.9 Å². The van der Waals surface area contributed by atoms with Gasteiger partial charge in [0, 0.05) is 13.2 Å². The quantitative estimate of drug-likeness (QED) is 0.567. The lowest BCUT2D eigenvalue weighted by Gasteiger charge is -2.28. The molecule has 2 amide bonds. The molecule has 1 aromatic rings. The van der Waals surface area contributed by atoms with Crippen molar-refractivity contribution >= 4 is 44.2 Å². The predicted octanol–water partition coefficient (Wildman–Crippen LogP) is 2.79. The lowest BCUT2D eigenvalue weighted by molar-refractivity contribution is -0.134. The van der Waals surface area contributed by atoms with Gasteiger partial charge in [-0.2, -0.15) is 0 Å². The van der Waals surface area contributed by atoms with Crippen LogP contribution >= 0.6 is 27.3 Å². The summed E-state index contributed by atoms with van der Waals surface area (Å²) in [5.41, 5.74) is 0.235. The predicted molar refractivity (Wildman–Crippen MR) is 103 cm³/mol. The number of aliphatic hydroxyl groups excluding tert-OH is 1. The zero-order valence-electron chi connectivity index (χ0n) is 14.5. The van der Waals surface area contributed by atoms with Gasteiger partial charge in [0.25, 0.3) is 0 Å². The number of aliphatic hydroxyl groups is 1. The topological polar surface area (TPSA) is 91.3 Å². The van der Waals surface area contributed by atoms with E-state index in [1.165, 1.54) is 11.3 Å². The maximum atomic E-state index is 13.0. The highest BCUT2D eigenvalue weighted by atomic mass is 79.9. The van der Waals surface area contributed by atoms with Gasteiger partial charge in [-0.25, -0.2) is 4.98 Å². The Bertz CT molecular complexity index is 706. The second-order valence-corrected chi connectivity index (χ2v) is 10.2. The Hall–Kier alpha value is -0.990. The van der Waals surface area contributed by atoms with Crippen LogP contribution in [0.1, 0.15) is 38.5 Å². The van der Waals surface area contributed by atoms with E-state index in [9.17, 15) is 9.59 Å². The van der Waals surface area contributed by atoms with Gasteiger partial charge in [0.2, 0.25) is 11.8 Å². The van der Waals surface area contributed by atoms with Gasteiger partial charge in [-0.3, -0.25) is 9.59 Å². The van der Waals surface area contributed by atoms with Gasteiger partial charge in [0.05, 0.1) is 21.8 Å². The third-order valence-electron chi connectivity index (χ3n) is 6.54. The SMILES string of the molecule is O=C(NCCCCO)[C@H]1[C@H](C(=O)Nc2ncc(Br)s2)[C@@H]2CC[C@H]1C21CC1. The molecule has 3 saturated carbocycles. The van der Waals surface area contributed by atoms with Crippen LogP contribution in [0.15, 0.2) is 9.98 Å². The highest BCUT2D eigenvalue weighted by Crippen LogP contribution is 2.74. The summed E-state index contributed by atoms with van der Waals surface area (Å²) in [6, 6.07) is 0. The Morgan fingerprint density at radius 3 is 2.50 bits per heavy atom. The van der Waals surface area contributed by atoms with Crippen LogP contribution in [-0.2, 0) is 9.59 Å². The first-order chi connectivity index (χ1) is 12.6. The van der Waals surface area contributed by atoms with E-state index in [4.69, 9.17) is 5.11 Å². The van der Waals surface area contributed by atoms with Crippen LogP contribution in [0.3, 0.4) is 0 Å². The Labute approximate surface area is 165 Å². The normalized spacial score (nSPS) is 30.5. The van der Waals surface area contributed by atoms with Crippen LogP contribution in [0.4, 0.5) is 5.13 Å². The van der Waals surface area contributed by atoms with Crippen LogP contribution in [-0.4, -0.2) is 35.1 Å². The van der Waals surface area contributed by atoms with Crippen molar-refractivity contribution in [3.05, 3.63) is 9.98 Å². The minimum absolute atomic E-state index is 0.0156. The van der Waals surface area contributed by atoms with E-state index in [0.29, 0.717) is 29.9 Å². The van der Waals surface area contributed by atoms with Gasteiger partial charge in [-0.05, 0) is 71.7 Å². The molecule has 26 heavy (non-hydrogen) atoms. The number of hydrogen-bond donors (Lipinski definition) is 3. The fourth-order valence-electron chi connectivity index (χ4n) is 5.43. The molecule has 4 atom stereocenters. The maximum Gasteiger partial charge on any atom is 0.230 e. The molecule has 0 aromatic carbocycles. The second-order valence-electron chi connectivity index (χ2n) is 7.76. The molecule has 0 saturated heterocycles. The number of carbonyl (C=O) groups excluding carboxylic acids is 2. The van der Waals surface area contributed by atoms with Gasteiger partial charge in [-0.1, -0.05) is 11.3 Å². The number of nitrogens with zero attached hydrogens (tertiary/aromatic N) is 1. The molecule has 3 N–H and O–H groups in total. The van der Waals surface area contributed by atoms with Gasteiger partial charge in [0.1, 0.15) is 0 Å². The van der Waals surface area contributed by atoms with Crippen molar-refractivity contribution in [3.8, 4) is 0 Å².